The van der Waals surface area contributed by atoms with Crippen LogP contribution in [-0.4, -0.2) is 35.8 Å². The zero-order valence-corrected chi connectivity index (χ0v) is 13.7. The van der Waals surface area contributed by atoms with Crippen molar-refractivity contribution >= 4 is 5.91 Å². The fourth-order valence-corrected chi connectivity index (χ4v) is 3.17. The molecule has 1 amide bonds. The molecule has 0 radical (unpaired) electrons. The predicted molar refractivity (Wildman–Crippen MR) is 93.2 cm³/mol. The molecule has 2 aromatic carbocycles. The molecule has 1 fully saturated rings. The van der Waals surface area contributed by atoms with Gasteiger partial charge in [0.25, 0.3) is 5.91 Å². The average molecular weight is 308 g/mol. The standard InChI is InChI=1S/C20H24N2O/c1-21(15-17-8-3-2-4-9-17)16-18-10-7-11-19(14-18)20(23)22-12-5-6-13-22/h2-4,7-11,14H,5-6,12-13,15-16H2,1H3. The highest BCUT2D eigenvalue weighted by molar-refractivity contribution is 5.94. The minimum atomic E-state index is 0.176. The van der Waals surface area contributed by atoms with Crippen LogP contribution in [0.5, 0.6) is 0 Å². The summed E-state index contributed by atoms with van der Waals surface area (Å²) in [6, 6.07) is 18.5. The summed E-state index contributed by atoms with van der Waals surface area (Å²) in [6.07, 6.45) is 2.26. The molecular formula is C20H24N2O. The predicted octanol–water partition coefficient (Wildman–Crippen LogP) is 3.55. The highest BCUT2D eigenvalue weighted by atomic mass is 16.2. The van der Waals surface area contributed by atoms with Gasteiger partial charge in [-0.25, -0.2) is 0 Å². The fourth-order valence-electron chi connectivity index (χ4n) is 3.17. The van der Waals surface area contributed by atoms with E-state index in [0.717, 1.165) is 44.6 Å². The van der Waals surface area contributed by atoms with Crippen molar-refractivity contribution < 1.29 is 4.79 Å². The summed E-state index contributed by atoms with van der Waals surface area (Å²) in [6.45, 7) is 3.55. The van der Waals surface area contributed by atoms with Crippen LogP contribution < -0.4 is 0 Å². The topological polar surface area (TPSA) is 23.6 Å². The Bertz CT molecular complexity index is 648. The van der Waals surface area contributed by atoms with Crippen LogP contribution in [0, 0.1) is 0 Å². The Hall–Kier alpha value is -2.13. The molecule has 1 aliphatic heterocycles. The first-order chi connectivity index (χ1) is 11.2. The van der Waals surface area contributed by atoms with E-state index in [1.54, 1.807) is 0 Å². The maximum Gasteiger partial charge on any atom is 0.253 e. The normalized spacial score (nSPS) is 14.4. The number of carbonyl (C=O) groups excluding carboxylic acids is 1. The smallest absolute Gasteiger partial charge is 0.253 e. The van der Waals surface area contributed by atoms with Crippen molar-refractivity contribution in [1.29, 1.82) is 0 Å². The zero-order valence-electron chi connectivity index (χ0n) is 13.7. The summed E-state index contributed by atoms with van der Waals surface area (Å²) >= 11 is 0. The van der Waals surface area contributed by atoms with Crippen LogP contribution in [0.4, 0.5) is 0 Å². The molecule has 1 aliphatic rings. The van der Waals surface area contributed by atoms with Crippen molar-refractivity contribution in [3.8, 4) is 0 Å². The summed E-state index contributed by atoms with van der Waals surface area (Å²) in [7, 11) is 2.11. The number of hydrogen-bond donors (Lipinski definition) is 0. The van der Waals surface area contributed by atoms with Crippen molar-refractivity contribution in [2.75, 3.05) is 20.1 Å². The van der Waals surface area contributed by atoms with E-state index in [2.05, 4.69) is 42.3 Å². The second-order valence-electron chi connectivity index (χ2n) is 6.36. The molecule has 0 atom stereocenters. The number of carbonyl (C=O) groups is 1. The van der Waals surface area contributed by atoms with Crippen molar-refractivity contribution in [1.82, 2.24) is 9.80 Å². The van der Waals surface area contributed by atoms with Crippen molar-refractivity contribution in [2.45, 2.75) is 25.9 Å². The molecule has 0 N–H and O–H groups in total. The minimum absolute atomic E-state index is 0.176. The monoisotopic (exact) mass is 308 g/mol. The molecule has 3 nitrogen and oxygen atoms in total. The highest BCUT2D eigenvalue weighted by Crippen LogP contribution is 2.15. The van der Waals surface area contributed by atoms with Crippen LogP contribution in [0.3, 0.4) is 0 Å². The number of likely N-dealkylation sites (tertiary alicyclic amines) is 1. The van der Waals surface area contributed by atoms with Crippen molar-refractivity contribution in [3.63, 3.8) is 0 Å². The van der Waals surface area contributed by atoms with E-state index in [-0.39, 0.29) is 5.91 Å². The fraction of sp³-hybridized carbons (Fsp3) is 0.350. The lowest BCUT2D eigenvalue weighted by Gasteiger charge is -2.18. The molecule has 120 valence electrons. The van der Waals surface area contributed by atoms with Crippen LogP contribution in [0.2, 0.25) is 0 Å². The van der Waals surface area contributed by atoms with Gasteiger partial charge in [0.2, 0.25) is 0 Å². The van der Waals surface area contributed by atoms with Gasteiger partial charge in [-0.2, -0.15) is 0 Å². The first kappa shape index (κ1) is 15.8. The number of benzene rings is 2. The van der Waals surface area contributed by atoms with Crippen LogP contribution in [0.25, 0.3) is 0 Å². The quantitative estimate of drug-likeness (QED) is 0.843. The van der Waals surface area contributed by atoms with E-state index in [4.69, 9.17) is 0 Å². The summed E-state index contributed by atoms with van der Waals surface area (Å²) in [4.78, 5) is 16.7. The molecule has 2 aromatic rings. The Kier molecular flexibility index (Phi) is 5.09. The van der Waals surface area contributed by atoms with Gasteiger partial charge in [-0.05, 0) is 43.1 Å². The lowest BCUT2D eigenvalue weighted by Crippen LogP contribution is -2.27. The summed E-state index contributed by atoms with van der Waals surface area (Å²) in [5, 5.41) is 0. The number of nitrogens with zero attached hydrogens (tertiary/aromatic N) is 2. The molecule has 23 heavy (non-hydrogen) atoms. The van der Waals surface area contributed by atoms with Gasteiger partial charge in [0.1, 0.15) is 0 Å². The summed E-state index contributed by atoms with van der Waals surface area (Å²) < 4.78 is 0. The Morgan fingerprint density at radius 2 is 1.61 bits per heavy atom. The van der Waals surface area contributed by atoms with Crippen molar-refractivity contribution in [2.24, 2.45) is 0 Å². The third-order valence-corrected chi connectivity index (χ3v) is 4.32. The van der Waals surface area contributed by atoms with Crippen molar-refractivity contribution in [3.05, 3.63) is 71.3 Å². The van der Waals surface area contributed by atoms with Crippen LogP contribution in [-0.2, 0) is 13.1 Å². The first-order valence-electron chi connectivity index (χ1n) is 8.33. The molecule has 0 spiro atoms. The van der Waals surface area contributed by atoms with E-state index in [1.165, 1.54) is 11.1 Å². The van der Waals surface area contributed by atoms with Crippen LogP contribution >= 0.6 is 0 Å². The van der Waals surface area contributed by atoms with Gasteiger partial charge in [-0.1, -0.05) is 42.5 Å². The molecule has 1 heterocycles. The Morgan fingerprint density at radius 1 is 0.957 bits per heavy atom. The third kappa shape index (κ3) is 4.20. The van der Waals surface area contributed by atoms with E-state index in [0.29, 0.717) is 0 Å². The molecule has 1 saturated heterocycles. The number of hydrogen-bond acceptors (Lipinski definition) is 2. The number of amides is 1. The SMILES string of the molecule is CN(Cc1ccccc1)Cc1cccc(C(=O)N2CCCC2)c1. The molecule has 0 bridgehead atoms. The largest absolute Gasteiger partial charge is 0.339 e. The van der Waals surface area contributed by atoms with E-state index in [1.807, 2.05) is 29.2 Å². The number of rotatable bonds is 5. The molecule has 0 saturated carbocycles. The molecule has 0 aliphatic carbocycles. The minimum Gasteiger partial charge on any atom is -0.339 e. The van der Waals surface area contributed by atoms with Gasteiger partial charge >= 0.3 is 0 Å². The van der Waals surface area contributed by atoms with Gasteiger partial charge in [0.15, 0.2) is 0 Å². The third-order valence-electron chi connectivity index (χ3n) is 4.32. The van der Waals surface area contributed by atoms with Gasteiger partial charge in [-0.15, -0.1) is 0 Å². The molecular weight excluding hydrogens is 284 g/mol. The van der Waals surface area contributed by atoms with Crippen LogP contribution in [0.1, 0.15) is 34.3 Å². The molecule has 0 unspecified atom stereocenters. The van der Waals surface area contributed by atoms with Gasteiger partial charge in [0, 0.05) is 31.7 Å². The second kappa shape index (κ2) is 7.42. The van der Waals surface area contributed by atoms with Crippen LogP contribution in [0.15, 0.2) is 54.6 Å². The molecule has 3 rings (SSSR count). The van der Waals surface area contributed by atoms with E-state index >= 15 is 0 Å². The maximum atomic E-state index is 12.5. The molecule has 0 aromatic heterocycles. The second-order valence-corrected chi connectivity index (χ2v) is 6.36. The van der Waals surface area contributed by atoms with Gasteiger partial charge in [-0.3, -0.25) is 9.69 Å². The highest BCUT2D eigenvalue weighted by Gasteiger charge is 2.19. The van der Waals surface area contributed by atoms with E-state index < -0.39 is 0 Å². The van der Waals surface area contributed by atoms with Gasteiger partial charge in [0.05, 0.1) is 0 Å². The Morgan fingerprint density at radius 3 is 2.35 bits per heavy atom. The Balaban J connectivity index is 1.64. The lowest BCUT2D eigenvalue weighted by molar-refractivity contribution is 0.0792. The van der Waals surface area contributed by atoms with E-state index in [9.17, 15) is 4.79 Å². The lowest BCUT2D eigenvalue weighted by atomic mass is 10.1. The maximum absolute atomic E-state index is 12.5. The average Bonchev–Trinajstić information content (AvgIpc) is 3.09. The zero-order chi connectivity index (χ0) is 16.1. The Labute approximate surface area is 138 Å². The summed E-state index contributed by atoms with van der Waals surface area (Å²) in [5.41, 5.74) is 3.31. The first-order valence-corrected chi connectivity index (χ1v) is 8.33. The van der Waals surface area contributed by atoms with Gasteiger partial charge < -0.3 is 4.90 Å². The summed E-state index contributed by atoms with van der Waals surface area (Å²) in [5.74, 6) is 0.176. The molecule has 3 heteroatoms.